The number of nitrogens with one attached hydrogen (secondary N) is 3. The molecule has 3 fully saturated rings. The van der Waals surface area contributed by atoms with Crippen LogP contribution in [0.3, 0.4) is 0 Å². The molecule has 110 heavy (non-hydrogen) atoms. The number of aliphatic carboxylic acids is 3. The summed E-state index contributed by atoms with van der Waals surface area (Å²) in [5.74, 6) is -6.46. The maximum Gasteiger partial charge on any atom is 0.338 e. The third-order valence-electron chi connectivity index (χ3n) is 18.2. The summed E-state index contributed by atoms with van der Waals surface area (Å²) in [6.07, 6.45) is 5.00. The molecule has 3 aromatic carbocycles. The van der Waals surface area contributed by atoms with Crippen molar-refractivity contribution in [2.24, 2.45) is 15.0 Å². The number of halogens is 6. The number of carboxylic acid groups (broad SMARTS) is 3. The van der Waals surface area contributed by atoms with Crippen molar-refractivity contribution in [1.82, 2.24) is 45.6 Å². The van der Waals surface area contributed by atoms with Crippen LogP contribution >= 0.6 is 73.1 Å². The van der Waals surface area contributed by atoms with Crippen LogP contribution in [0, 0.1) is 17.5 Å². The lowest BCUT2D eigenvalue weighted by atomic mass is 9.94. The van der Waals surface area contributed by atoms with Gasteiger partial charge < -0.3 is 59.7 Å². The zero-order valence-corrected chi connectivity index (χ0v) is 65.4. The van der Waals surface area contributed by atoms with Gasteiger partial charge in [-0.2, -0.15) is 0 Å². The largest absolute Gasteiger partial charge is 0.481 e. The highest BCUT2D eigenvalue weighted by Gasteiger charge is 2.41. The monoisotopic (exact) mass is 1680 g/mol. The van der Waals surface area contributed by atoms with Gasteiger partial charge in [0.1, 0.15) is 36.1 Å². The Bertz CT molecular complexity index is 4520. The van der Waals surface area contributed by atoms with Crippen LogP contribution < -0.4 is 16.0 Å². The van der Waals surface area contributed by atoms with Gasteiger partial charge >= 0.3 is 35.8 Å². The molecule has 3 saturated heterocycles. The second-order valence-electron chi connectivity index (χ2n) is 25.4. The minimum absolute atomic E-state index is 0.0139. The number of ketones is 1. The quantitative estimate of drug-likeness (QED) is 0.0121. The molecular formula is C73H78BrCl2F3N12O16S3. The molecule has 0 aliphatic carbocycles. The van der Waals surface area contributed by atoms with Gasteiger partial charge in [-0.05, 0) is 72.8 Å². The van der Waals surface area contributed by atoms with Gasteiger partial charge in [-0.15, -0.1) is 34.0 Å². The van der Waals surface area contributed by atoms with E-state index in [1.54, 1.807) is 48.4 Å². The first kappa shape index (κ1) is 83.7. The van der Waals surface area contributed by atoms with Crippen molar-refractivity contribution in [2.45, 2.75) is 101 Å². The number of esters is 3. The van der Waals surface area contributed by atoms with Crippen molar-refractivity contribution < 1.29 is 90.5 Å². The van der Waals surface area contributed by atoms with Crippen LogP contribution in [-0.4, -0.2) is 221 Å². The van der Waals surface area contributed by atoms with Gasteiger partial charge in [0.15, 0.2) is 44.2 Å². The molecule has 12 rings (SSSR count). The first-order valence-corrected chi connectivity index (χ1v) is 38.9. The normalized spacial score (nSPS) is 21.1. The van der Waals surface area contributed by atoms with E-state index in [1.807, 2.05) is 35.4 Å². The Kier molecular flexibility index (Phi) is 30.4. The molecule has 0 radical (unpaired) electrons. The smallest absolute Gasteiger partial charge is 0.338 e. The number of amidine groups is 3. The zero-order chi connectivity index (χ0) is 78.7. The number of rotatable bonds is 27. The molecule has 28 nitrogen and oxygen atoms in total. The van der Waals surface area contributed by atoms with E-state index in [1.165, 1.54) is 66.4 Å². The molecule has 0 unspecified atom stereocenters. The van der Waals surface area contributed by atoms with Crippen molar-refractivity contribution in [3.05, 3.63) is 187 Å². The molecular weight excluding hydrogens is 1600 g/mol. The summed E-state index contributed by atoms with van der Waals surface area (Å²) in [6.45, 7) is 8.72. The number of methoxy groups -OCH3 is 2. The Balaban J connectivity index is 0.000000176. The van der Waals surface area contributed by atoms with Crippen molar-refractivity contribution in [1.29, 1.82) is 0 Å². The fourth-order valence-corrected chi connectivity index (χ4v) is 15.8. The van der Waals surface area contributed by atoms with E-state index >= 15 is 0 Å². The summed E-state index contributed by atoms with van der Waals surface area (Å²) in [5.41, 5.74) is 3.59. The number of aromatic nitrogens is 3. The fraction of sp³-hybridized carbons (Fsp3) is 0.411. The van der Waals surface area contributed by atoms with Crippen molar-refractivity contribution in [2.75, 3.05) is 93.0 Å². The van der Waals surface area contributed by atoms with E-state index in [9.17, 15) is 51.8 Å². The summed E-state index contributed by atoms with van der Waals surface area (Å²) < 4.78 is 75.5. The molecule has 9 heterocycles. The van der Waals surface area contributed by atoms with E-state index in [0.717, 1.165) is 6.07 Å². The number of hydrogen-bond acceptors (Lipinski definition) is 28. The molecule has 0 bridgehead atoms. The molecule has 0 amide bonds. The van der Waals surface area contributed by atoms with Gasteiger partial charge in [-0.25, -0.2) is 42.5 Å². The summed E-state index contributed by atoms with van der Waals surface area (Å²) >= 11 is 20.1. The Labute approximate surface area is 660 Å². The first-order chi connectivity index (χ1) is 52.9. The highest BCUT2D eigenvalue weighted by atomic mass is 79.9. The number of Topliss-reactive ketones (excluding diaryl/α,β-unsaturated/α-hetero) is 1. The lowest BCUT2D eigenvalue weighted by Crippen LogP contribution is -2.52. The van der Waals surface area contributed by atoms with E-state index in [-0.39, 0.29) is 95.3 Å². The van der Waals surface area contributed by atoms with Crippen molar-refractivity contribution in [3.63, 3.8) is 0 Å². The van der Waals surface area contributed by atoms with Gasteiger partial charge in [0.2, 0.25) is 0 Å². The number of aliphatic imine (C=N–C) groups is 3. The maximum atomic E-state index is 14.5. The Hall–Kier alpha value is -8.72. The van der Waals surface area contributed by atoms with Gasteiger partial charge in [0.25, 0.3) is 0 Å². The van der Waals surface area contributed by atoms with Crippen LogP contribution in [-0.2, 0) is 62.0 Å². The Morgan fingerprint density at radius 1 is 0.582 bits per heavy atom. The Morgan fingerprint density at radius 3 is 1.56 bits per heavy atom. The van der Waals surface area contributed by atoms with Crippen LogP contribution in [0.4, 0.5) is 13.2 Å². The average molecular weight is 1680 g/mol. The highest BCUT2D eigenvalue weighted by Crippen LogP contribution is 2.42. The summed E-state index contributed by atoms with van der Waals surface area (Å²) in [4.78, 5) is 118. The average Bonchev–Trinajstić information content (AvgIpc) is 1.03. The minimum Gasteiger partial charge on any atom is -0.481 e. The zero-order valence-electron chi connectivity index (χ0n) is 59.8. The van der Waals surface area contributed by atoms with Crippen LogP contribution in [0.15, 0.2) is 143 Å². The standard InChI is InChI=1S/C25H26ClFN4O6S.C25H29ClN4O5S.C23H23BrF2N4O5S/c1-36-25(35)20-18(13-31-8-9-37-15(12-31)6-5-14(32)11-19(33)34)29-23(24-28-7-10-38-24)30-22(20)16-3-2-4-17(27)21(16)26;1-3-34-25(33)21-18(14-30-11-12-35-15(2)19(30)8-9-20(31)32)28-23(24-27-10-13-36-24)29-22(21)16-6-4-5-7-17(16)26;1-34-23(33)17-15(11-30-7-8-35-12(10-30)2-5-16(31)32)28-21(22-27-6-9-36-22)29-20(17)13-3-4-14(25)19(26)18(13)24/h2-4,7,10,15,22H,5-6,8-9,11-13H2,1H3,(H,29,30)(H,33,34);4-7,10,13,15,19,22H,3,8-9,11-12,14H2,1-2H3,(H,28,29)(H,31,32);3-4,6,9,12,20H,2,5,7-8,10-11H2,1H3,(H,28,29)(H,31,32)/t15-,22+;15-,19-,22+;12-,20+/m111/s1. The molecule has 7 atom stereocenters. The van der Waals surface area contributed by atoms with Gasteiger partial charge in [-0.1, -0.05) is 59.6 Å². The SMILES string of the molecule is CCOC(=O)C1=C(CN2CCO[C@H](C)[C@H]2CCC(=O)O)NC(c2nccs2)=N[C@H]1c1ccccc1Cl.COC(=O)C1=C(CN2CCO[C@H](CCC(=O)CC(=O)O)C2)NC(c2nccs2)=N[C@H]1c1cccc(F)c1Cl.COC(=O)C1=C(CN2CCO[C@H](CCC(=O)O)C2)NC(c2nccs2)=N[C@H]1c1ccc(F)c(F)c1Br. The molecule has 6 N–H and O–H groups in total. The third kappa shape index (κ3) is 21.7. The van der Waals surface area contributed by atoms with E-state index in [2.05, 4.69) is 61.6 Å². The number of carboxylic acids is 3. The third-order valence-corrected chi connectivity index (χ3v) is 22.1. The van der Waals surface area contributed by atoms with E-state index in [0.29, 0.717) is 150 Å². The number of hydrogen-bond donors (Lipinski definition) is 6. The number of benzene rings is 3. The van der Waals surface area contributed by atoms with E-state index in [4.69, 9.17) is 71.8 Å². The lowest BCUT2D eigenvalue weighted by molar-refractivity contribution is -0.141. The number of thiazole rings is 3. The molecule has 6 aromatic rings. The predicted octanol–water partition coefficient (Wildman–Crippen LogP) is 9.91. The lowest BCUT2D eigenvalue weighted by Gasteiger charge is -2.41. The molecule has 586 valence electrons. The molecule has 6 aliphatic rings. The molecule has 37 heteroatoms. The van der Waals surface area contributed by atoms with E-state index < -0.39 is 77.8 Å². The second-order valence-corrected chi connectivity index (χ2v) is 29.7. The molecule has 3 aromatic heterocycles. The summed E-state index contributed by atoms with van der Waals surface area (Å²) in [5, 5.41) is 44.4. The number of ether oxygens (including phenoxy) is 6. The Morgan fingerprint density at radius 2 is 1.06 bits per heavy atom. The molecule has 0 saturated carbocycles. The van der Waals surface area contributed by atoms with Crippen LogP contribution in [0.2, 0.25) is 10.0 Å². The number of carbonyl (C=O) groups is 7. The number of morpholine rings is 3. The van der Waals surface area contributed by atoms with Crippen LogP contribution in [0.1, 0.15) is 109 Å². The van der Waals surface area contributed by atoms with Crippen LogP contribution in [0.25, 0.3) is 0 Å². The maximum absolute atomic E-state index is 14.5. The number of carbonyl (C=O) groups excluding carboxylic acids is 4. The fourth-order valence-electron chi connectivity index (χ4n) is 13.0. The topological polar surface area (TPSA) is 357 Å². The number of nitrogens with zero attached hydrogens (tertiary/aromatic N) is 9. The van der Waals surface area contributed by atoms with Crippen molar-refractivity contribution in [3.8, 4) is 0 Å². The summed E-state index contributed by atoms with van der Waals surface area (Å²) in [7, 11) is 2.50. The second kappa shape index (κ2) is 40.0. The highest BCUT2D eigenvalue weighted by molar-refractivity contribution is 9.10. The summed E-state index contributed by atoms with van der Waals surface area (Å²) in [6, 6.07) is 11.3. The van der Waals surface area contributed by atoms with Crippen molar-refractivity contribution >= 4 is 132 Å². The van der Waals surface area contributed by atoms with Gasteiger partial charge in [0, 0.05) is 146 Å². The van der Waals surface area contributed by atoms with Gasteiger partial charge in [0.05, 0.1) is 85.2 Å². The molecule has 0 spiro atoms. The predicted molar refractivity (Wildman–Crippen MR) is 406 cm³/mol. The molecule has 6 aliphatic heterocycles. The van der Waals surface area contributed by atoms with Gasteiger partial charge in [-0.3, -0.25) is 48.9 Å². The first-order valence-electron chi connectivity index (χ1n) is 34.7. The van der Waals surface area contributed by atoms with Crippen LogP contribution in [0.5, 0.6) is 0 Å². The minimum atomic E-state index is -1.16.